The first-order valence-electron chi connectivity index (χ1n) is 6.91. The lowest BCUT2D eigenvalue weighted by atomic mass is 10.1. The van der Waals surface area contributed by atoms with Crippen LogP contribution in [0.15, 0.2) is 24.3 Å². The lowest BCUT2D eigenvalue weighted by Crippen LogP contribution is -2.15. The average Bonchev–Trinajstić information content (AvgIpc) is 2.93. The Morgan fingerprint density at radius 3 is 2.80 bits per heavy atom. The summed E-state index contributed by atoms with van der Waals surface area (Å²) in [5.41, 5.74) is 2.01. The number of nitrogens with one attached hydrogen (secondary N) is 2. The normalized spacial score (nSPS) is 13.6. The van der Waals surface area contributed by atoms with Crippen LogP contribution in [-0.2, 0) is 0 Å². The van der Waals surface area contributed by atoms with E-state index in [1.54, 1.807) is 0 Å². The lowest BCUT2D eigenvalue weighted by molar-refractivity contribution is 0.171. The van der Waals surface area contributed by atoms with E-state index in [1.807, 2.05) is 24.3 Å². The van der Waals surface area contributed by atoms with Gasteiger partial charge < -0.3 is 14.8 Å². The molecule has 106 valence electrons. The number of H-pyrrole nitrogens is 1. The summed E-state index contributed by atoms with van der Waals surface area (Å²) in [5, 5.41) is 10.6. The number of anilines is 1. The summed E-state index contributed by atoms with van der Waals surface area (Å²) in [4.78, 5) is 0. The van der Waals surface area contributed by atoms with Crippen molar-refractivity contribution in [3.05, 3.63) is 24.3 Å². The number of hydrogen-bond acceptors (Lipinski definition) is 4. The minimum absolute atomic E-state index is 0.587. The highest BCUT2D eigenvalue weighted by atomic mass is 16.6. The molecule has 5 nitrogen and oxygen atoms in total. The highest BCUT2D eigenvalue weighted by molar-refractivity contribution is 5.66. The molecule has 0 fully saturated rings. The SMILES string of the molecule is CC(C)CNc1cc(-c2ccc3c(c2)OCCO3)[nH]n1. The Morgan fingerprint density at radius 2 is 2.00 bits per heavy atom. The van der Waals surface area contributed by atoms with Gasteiger partial charge in [0.15, 0.2) is 11.5 Å². The van der Waals surface area contributed by atoms with Gasteiger partial charge in [-0.2, -0.15) is 5.10 Å². The number of hydrogen-bond donors (Lipinski definition) is 2. The van der Waals surface area contributed by atoms with E-state index in [0.29, 0.717) is 19.1 Å². The van der Waals surface area contributed by atoms with Crippen LogP contribution in [0, 0.1) is 5.92 Å². The second-order valence-electron chi connectivity index (χ2n) is 5.30. The van der Waals surface area contributed by atoms with Crippen molar-refractivity contribution in [1.82, 2.24) is 10.2 Å². The van der Waals surface area contributed by atoms with Gasteiger partial charge in [0.1, 0.15) is 19.0 Å². The number of aromatic nitrogens is 2. The maximum Gasteiger partial charge on any atom is 0.162 e. The largest absolute Gasteiger partial charge is 0.486 e. The summed E-state index contributed by atoms with van der Waals surface area (Å²) in [6.07, 6.45) is 0. The van der Waals surface area contributed by atoms with Crippen molar-refractivity contribution in [2.24, 2.45) is 5.92 Å². The van der Waals surface area contributed by atoms with Gasteiger partial charge in [-0.15, -0.1) is 0 Å². The fraction of sp³-hybridized carbons (Fsp3) is 0.400. The summed E-state index contributed by atoms with van der Waals surface area (Å²) in [5.74, 6) is 3.05. The van der Waals surface area contributed by atoms with Crippen molar-refractivity contribution in [2.75, 3.05) is 25.1 Å². The number of nitrogens with zero attached hydrogens (tertiary/aromatic N) is 1. The van der Waals surface area contributed by atoms with Crippen LogP contribution in [0.1, 0.15) is 13.8 Å². The molecule has 1 aliphatic heterocycles. The predicted octanol–water partition coefficient (Wildman–Crippen LogP) is 2.92. The van der Waals surface area contributed by atoms with Crippen LogP contribution in [0.3, 0.4) is 0 Å². The first-order valence-corrected chi connectivity index (χ1v) is 6.91. The molecule has 0 aliphatic carbocycles. The zero-order valence-corrected chi connectivity index (χ0v) is 11.8. The van der Waals surface area contributed by atoms with Crippen molar-refractivity contribution in [3.63, 3.8) is 0 Å². The van der Waals surface area contributed by atoms with Crippen LogP contribution in [-0.4, -0.2) is 30.0 Å². The predicted molar refractivity (Wildman–Crippen MR) is 78.3 cm³/mol. The van der Waals surface area contributed by atoms with E-state index in [4.69, 9.17) is 9.47 Å². The lowest BCUT2D eigenvalue weighted by Gasteiger charge is -2.18. The monoisotopic (exact) mass is 273 g/mol. The molecule has 3 rings (SSSR count). The van der Waals surface area contributed by atoms with Crippen LogP contribution in [0.4, 0.5) is 5.82 Å². The number of rotatable bonds is 4. The maximum atomic E-state index is 5.60. The highest BCUT2D eigenvalue weighted by Crippen LogP contribution is 2.34. The van der Waals surface area contributed by atoms with Gasteiger partial charge >= 0.3 is 0 Å². The average molecular weight is 273 g/mol. The van der Waals surface area contributed by atoms with Gasteiger partial charge in [0.2, 0.25) is 0 Å². The van der Waals surface area contributed by atoms with Crippen LogP contribution < -0.4 is 14.8 Å². The van der Waals surface area contributed by atoms with Crippen LogP contribution in [0.2, 0.25) is 0 Å². The Morgan fingerprint density at radius 1 is 1.20 bits per heavy atom. The Hall–Kier alpha value is -2.17. The molecule has 2 aromatic rings. The molecular weight excluding hydrogens is 254 g/mol. The summed E-state index contributed by atoms with van der Waals surface area (Å²) in [7, 11) is 0. The molecule has 2 N–H and O–H groups in total. The summed E-state index contributed by atoms with van der Waals surface area (Å²) in [6, 6.07) is 7.93. The van der Waals surface area contributed by atoms with Gasteiger partial charge in [-0.25, -0.2) is 0 Å². The van der Waals surface area contributed by atoms with Gasteiger partial charge in [-0.1, -0.05) is 13.8 Å². The second-order valence-corrected chi connectivity index (χ2v) is 5.30. The number of benzene rings is 1. The molecule has 1 aliphatic rings. The molecule has 0 saturated carbocycles. The third-order valence-electron chi connectivity index (χ3n) is 3.12. The Bertz CT molecular complexity index is 593. The van der Waals surface area contributed by atoms with Gasteiger partial charge in [-0.3, -0.25) is 5.10 Å². The summed E-state index contributed by atoms with van der Waals surface area (Å²) >= 11 is 0. The minimum atomic E-state index is 0.587. The number of fused-ring (bicyclic) bond motifs is 1. The molecular formula is C15H19N3O2. The van der Waals surface area contributed by atoms with Crippen molar-refractivity contribution in [3.8, 4) is 22.8 Å². The van der Waals surface area contributed by atoms with Crippen molar-refractivity contribution in [1.29, 1.82) is 0 Å². The Kier molecular flexibility index (Phi) is 3.50. The van der Waals surface area contributed by atoms with Gasteiger partial charge in [0, 0.05) is 18.2 Å². The third-order valence-corrected chi connectivity index (χ3v) is 3.12. The van der Waals surface area contributed by atoms with Crippen molar-refractivity contribution in [2.45, 2.75) is 13.8 Å². The molecule has 0 atom stereocenters. The number of ether oxygens (including phenoxy) is 2. The van der Waals surface area contributed by atoms with E-state index in [9.17, 15) is 0 Å². The van der Waals surface area contributed by atoms with Gasteiger partial charge in [0.25, 0.3) is 0 Å². The highest BCUT2D eigenvalue weighted by Gasteiger charge is 2.13. The molecule has 0 radical (unpaired) electrons. The second kappa shape index (κ2) is 5.45. The number of aromatic amines is 1. The molecule has 0 saturated heterocycles. The standard InChI is InChI=1S/C15H19N3O2/c1-10(2)9-16-15-8-12(17-18-15)11-3-4-13-14(7-11)20-6-5-19-13/h3-4,7-8,10H,5-6,9H2,1-2H3,(H2,16,17,18). The molecule has 5 heteroatoms. The fourth-order valence-corrected chi connectivity index (χ4v) is 2.08. The van der Waals surface area contributed by atoms with Crippen LogP contribution >= 0.6 is 0 Å². The molecule has 0 bridgehead atoms. The van der Waals surface area contributed by atoms with E-state index in [1.165, 1.54) is 0 Å². The first kappa shape index (κ1) is 12.8. The first-order chi connectivity index (χ1) is 9.72. The van der Waals surface area contributed by atoms with E-state index in [0.717, 1.165) is 35.1 Å². The zero-order valence-electron chi connectivity index (χ0n) is 11.8. The summed E-state index contributed by atoms with van der Waals surface area (Å²) in [6.45, 7) is 6.45. The van der Waals surface area contributed by atoms with E-state index >= 15 is 0 Å². The molecule has 1 aromatic heterocycles. The van der Waals surface area contributed by atoms with Crippen LogP contribution in [0.25, 0.3) is 11.3 Å². The van der Waals surface area contributed by atoms with E-state index < -0.39 is 0 Å². The summed E-state index contributed by atoms with van der Waals surface area (Å²) < 4.78 is 11.1. The molecule has 0 amide bonds. The quantitative estimate of drug-likeness (QED) is 0.899. The van der Waals surface area contributed by atoms with Crippen LogP contribution in [0.5, 0.6) is 11.5 Å². The van der Waals surface area contributed by atoms with E-state index in [2.05, 4.69) is 29.4 Å². The Balaban J connectivity index is 1.79. The minimum Gasteiger partial charge on any atom is -0.486 e. The third kappa shape index (κ3) is 2.71. The van der Waals surface area contributed by atoms with Gasteiger partial charge in [-0.05, 0) is 24.1 Å². The topological polar surface area (TPSA) is 59.2 Å². The maximum absolute atomic E-state index is 5.60. The van der Waals surface area contributed by atoms with Crippen molar-refractivity contribution >= 4 is 5.82 Å². The molecule has 20 heavy (non-hydrogen) atoms. The Labute approximate surface area is 118 Å². The van der Waals surface area contributed by atoms with E-state index in [-0.39, 0.29) is 0 Å². The smallest absolute Gasteiger partial charge is 0.162 e. The zero-order chi connectivity index (χ0) is 13.9. The van der Waals surface area contributed by atoms with Gasteiger partial charge in [0.05, 0.1) is 5.69 Å². The molecule has 0 spiro atoms. The molecule has 2 heterocycles. The van der Waals surface area contributed by atoms with Crippen molar-refractivity contribution < 1.29 is 9.47 Å². The molecule has 1 aromatic carbocycles. The fourth-order valence-electron chi connectivity index (χ4n) is 2.08. The molecule has 0 unspecified atom stereocenters.